The summed E-state index contributed by atoms with van der Waals surface area (Å²) in [5.41, 5.74) is 7.27. The number of aliphatic imine (C=N–C) groups is 2. The SMILES string of the molecule is CCCCCCCCc1cccc(N=C(CC)C(CCCC)=Nc2cccc(CCCCCCCC)c2)c1. The summed E-state index contributed by atoms with van der Waals surface area (Å²) in [5.74, 6) is 0. The molecule has 0 heterocycles. The van der Waals surface area contributed by atoms with Gasteiger partial charge < -0.3 is 0 Å². The van der Waals surface area contributed by atoms with Crippen molar-refractivity contribution in [3.63, 3.8) is 0 Å². The Morgan fingerprint density at radius 1 is 0.500 bits per heavy atom. The molecule has 2 nitrogen and oxygen atoms in total. The second-order valence-electron chi connectivity index (χ2n) is 10.9. The van der Waals surface area contributed by atoms with Gasteiger partial charge in [-0.2, -0.15) is 0 Å². The third kappa shape index (κ3) is 13.5. The number of benzene rings is 2. The Morgan fingerprint density at radius 2 is 0.947 bits per heavy atom. The molecule has 2 rings (SSSR count). The molecule has 0 atom stereocenters. The smallest absolute Gasteiger partial charge is 0.0636 e. The number of nitrogens with zero attached hydrogens (tertiary/aromatic N) is 2. The van der Waals surface area contributed by atoms with Crippen molar-refractivity contribution < 1.29 is 0 Å². The molecule has 0 spiro atoms. The van der Waals surface area contributed by atoms with Crippen LogP contribution in [0.25, 0.3) is 0 Å². The molecule has 0 bridgehead atoms. The van der Waals surface area contributed by atoms with E-state index in [0.29, 0.717) is 0 Å². The van der Waals surface area contributed by atoms with Crippen LogP contribution < -0.4 is 0 Å². The fourth-order valence-electron chi connectivity index (χ4n) is 5.05. The van der Waals surface area contributed by atoms with Gasteiger partial charge in [-0.1, -0.05) is 123 Å². The standard InChI is InChI=1S/C36H56N2/c1-5-9-12-14-16-18-22-31-24-20-26-33(29-31)37-35(8-4)36(28-11-7-3)38-34-27-21-25-32(30-34)23-19-17-15-13-10-6-2/h20-21,24-27,29-30H,5-19,22-23,28H2,1-4H3. The van der Waals surface area contributed by atoms with E-state index >= 15 is 0 Å². The maximum absolute atomic E-state index is 5.19. The average Bonchev–Trinajstić information content (AvgIpc) is 2.94. The highest BCUT2D eigenvalue weighted by Gasteiger charge is 2.09. The molecular weight excluding hydrogens is 460 g/mol. The summed E-state index contributed by atoms with van der Waals surface area (Å²) in [4.78, 5) is 10.3. The zero-order valence-electron chi connectivity index (χ0n) is 25.2. The van der Waals surface area contributed by atoms with Gasteiger partial charge in [-0.15, -0.1) is 0 Å². The van der Waals surface area contributed by atoms with E-state index in [1.165, 1.54) is 94.6 Å². The van der Waals surface area contributed by atoms with Gasteiger partial charge in [0.15, 0.2) is 0 Å². The third-order valence-corrected chi connectivity index (χ3v) is 7.42. The first-order valence-electron chi connectivity index (χ1n) is 16.0. The first-order valence-corrected chi connectivity index (χ1v) is 16.0. The lowest BCUT2D eigenvalue weighted by Crippen LogP contribution is -2.13. The largest absolute Gasteiger partial charge is 0.252 e. The van der Waals surface area contributed by atoms with Gasteiger partial charge in [-0.05, 0) is 80.3 Å². The van der Waals surface area contributed by atoms with Crippen LogP contribution in [0, 0.1) is 0 Å². The number of unbranched alkanes of at least 4 members (excludes halogenated alkanes) is 11. The molecule has 0 aromatic heterocycles. The van der Waals surface area contributed by atoms with Crippen molar-refractivity contribution >= 4 is 22.8 Å². The summed E-state index contributed by atoms with van der Waals surface area (Å²) < 4.78 is 0. The van der Waals surface area contributed by atoms with Crippen LogP contribution in [-0.4, -0.2) is 11.4 Å². The maximum atomic E-state index is 5.19. The van der Waals surface area contributed by atoms with E-state index in [1.807, 2.05) is 0 Å². The lowest BCUT2D eigenvalue weighted by Gasteiger charge is -2.11. The Morgan fingerprint density at radius 3 is 1.42 bits per heavy atom. The van der Waals surface area contributed by atoms with Gasteiger partial charge in [-0.3, -0.25) is 9.98 Å². The number of aryl methyl sites for hydroxylation is 2. The zero-order valence-corrected chi connectivity index (χ0v) is 25.2. The monoisotopic (exact) mass is 516 g/mol. The molecule has 0 unspecified atom stereocenters. The summed E-state index contributed by atoms with van der Waals surface area (Å²) in [6.07, 6.45) is 22.6. The molecule has 0 fully saturated rings. The van der Waals surface area contributed by atoms with E-state index in [2.05, 4.69) is 76.2 Å². The van der Waals surface area contributed by atoms with Crippen LogP contribution >= 0.6 is 0 Å². The minimum atomic E-state index is 0.904. The molecule has 2 aromatic rings. The van der Waals surface area contributed by atoms with Crippen molar-refractivity contribution in [3.8, 4) is 0 Å². The number of rotatable bonds is 21. The molecule has 2 aromatic carbocycles. The zero-order chi connectivity index (χ0) is 27.3. The van der Waals surface area contributed by atoms with Crippen LogP contribution in [0.2, 0.25) is 0 Å². The molecule has 38 heavy (non-hydrogen) atoms. The minimum absolute atomic E-state index is 0.904. The van der Waals surface area contributed by atoms with Gasteiger partial charge in [0.25, 0.3) is 0 Å². The van der Waals surface area contributed by atoms with Gasteiger partial charge in [0.1, 0.15) is 0 Å². The van der Waals surface area contributed by atoms with Crippen LogP contribution in [0.5, 0.6) is 0 Å². The average molecular weight is 517 g/mol. The normalized spacial score (nSPS) is 12.3. The van der Waals surface area contributed by atoms with Gasteiger partial charge in [-0.25, -0.2) is 0 Å². The Labute approximate surface area is 235 Å². The molecule has 0 N–H and O–H groups in total. The molecular formula is C36H56N2. The van der Waals surface area contributed by atoms with Crippen molar-refractivity contribution in [1.82, 2.24) is 0 Å². The van der Waals surface area contributed by atoms with Gasteiger partial charge in [0.05, 0.1) is 22.8 Å². The quantitative estimate of drug-likeness (QED) is 0.116. The van der Waals surface area contributed by atoms with E-state index < -0.39 is 0 Å². The van der Waals surface area contributed by atoms with Crippen molar-refractivity contribution in [2.24, 2.45) is 9.98 Å². The number of hydrogen-bond donors (Lipinski definition) is 0. The highest BCUT2D eigenvalue weighted by atomic mass is 14.8. The van der Waals surface area contributed by atoms with Gasteiger partial charge in [0, 0.05) is 0 Å². The van der Waals surface area contributed by atoms with Crippen molar-refractivity contribution in [2.45, 2.75) is 143 Å². The Kier molecular flexibility index (Phi) is 17.4. The predicted molar refractivity (Wildman–Crippen MR) is 171 cm³/mol. The molecule has 0 saturated heterocycles. The van der Waals surface area contributed by atoms with E-state index in [1.54, 1.807) is 0 Å². The van der Waals surface area contributed by atoms with E-state index in [4.69, 9.17) is 9.98 Å². The molecule has 0 aliphatic rings. The molecule has 0 aliphatic heterocycles. The van der Waals surface area contributed by atoms with Gasteiger partial charge in [0.2, 0.25) is 0 Å². The summed E-state index contributed by atoms with van der Waals surface area (Å²) in [5, 5.41) is 0. The Balaban J connectivity index is 2.10. The van der Waals surface area contributed by atoms with Crippen molar-refractivity contribution in [1.29, 1.82) is 0 Å². The lowest BCUT2D eigenvalue weighted by molar-refractivity contribution is 0.607. The van der Waals surface area contributed by atoms with Crippen LogP contribution in [0.3, 0.4) is 0 Å². The highest BCUT2D eigenvalue weighted by molar-refractivity contribution is 6.43. The topological polar surface area (TPSA) is 24.7 Å². The highest BCUT2D eigenvalue weighted by Crippen LogP contribution is 2.22. The third-order valence-electron chi connectivity index (χ3n) is 7.42. The van der Waals surface area contributed by atoms with Crippen molar-refractivity contribution in [3.05, 3.63) is 59.7 Å². The molecule has 0 radical (unpaired) electrons. The van der Waals surface area contributed by atoms with E-state index in [0.717, 1.165) is 54.9 Å². The Bertz CT molecular complexity index is 940. The van der Waals surface area contributed by atoms with E-state index in [-0.39, 0.29) is 0 Å². The van der Waals surface area contributed by atoms with Crippen molar-refractivity contribution in [2.75, 3.05) is 0 Å². The fourth-order valence-corrected chi connectivity index (χ4v) is 5.05. The molecule has 2 heteroatoms. The first-order chi connectivity index (χ1) is 18.7. The molecule has 210 valence electrons. The summed E-state index contributed by atoms with van der Waals surface area (Å²) in [7, 11) is 0. The van der Waals surface area contributed by atoms with Crippen LogP contribution in [-0.2, 0) is 12.8 Å². The van der Waals surface area contributed by atoms with Crippen LogP contribution in [0.15, 0.2) is 58.5 Å². The predicted octanol–water partition coefficient (Wildman–Crippen LogP) is 11.9. The summed E-state index contributed by atoms with van der Waals surface area (Å²) in [6.45, 7) is 9.04. The first kappa shape index (κ1) is 32.0. The maximum Gasteiger partial charge on any atom is 0.0636 e. The lowest BCUT2D eigenvalue weighted by atomic mass is 10.0. The molecule has 0 aliphatic carbocycles. The van der Waals surface area contributed by atoms with Gasteiger partial charge >= 0.3 is 0 Å². The number of hydrogen-bond acceptors (Lipinski definition) is 2. The summed E-state index contributed by atoms with van der Waals surface area (Å²) >= 11 is 0. The minimum Gasteiger partial charge on any atom is -0.252 e. The molecule has 0 saturated carbocycles. The second-order valence-corrected chi connectivity index (χ2v) is 10.9. The van der Waals surface area contributed by atoms with Crippen LogP contribution in [0.1, 0.15) is 142 Å². The molecule has 0 amide bonds. The second kappa shape index (κ2) is 20.7. The summed E-state index contributed by atoms with van der Waals surface area (Å²) in [6, 6.07) is 17.8. The fraction of sp³-hybridized carbons (Fsp3) is 0.611. The van der Waals surface area contributed by atoms with E-state index in [9.17, 15) is 0 Å². The van der Waals surface area contributed by atoms with Crippen LogP contribution in [0.4, 0.5) is 11.4 Å². The Hall–Kier alpha value is -2.22.